The summed E-state index contributed by atoms with van der Waals surface area (Å²) in [6.07, 6.45) is 1.04. The molecule has 1 amide bonds. The topological polar surface area (TPSA) is 114 Å². The van der Waals surface area contributed by atoms with Crippen LogP contribution in [0.25, 0.3) is 0 Å². The Bertz CT molecular complexity index is 1180. The molecule has 2 aromatic rings. The fourth-order valence-electron chi connectivity index (χ4n) is 4.19. The first-order valence-electron chi connectivity index (χ1n) is 9.75. The zero-order valence-corrected chi connectivity index (χ0v) is 19.0. The van der Waals surface area contributed by atoms with Crippen molar-refractivity contribution in [1.82, 2.24) is 9.47 Å². The van der Waals surface area contributed by atoms with Crippen LogP contribution < -0.4 is 16.0 Å². The summed E-state index contributed by atoms with van der Waals surface area (Å²) < 4.78 is 25.1. The van der Waals surface area contributed by atoms with E-state index in [9.17, 15) is 18.0 Å². The van der Waals surface area contributed by atoms with Gasteiger partial charge in [0.1, 0.15) is 4.32 Å². The number of aromatic nitrogens is 1. The summed E-state index contributed by atoms with van der Waals surface area (Å²) in [6, 6.07) is 11.1. The number of pyridine rings is 1. The van der Waals surface area contributed by atoms with Gasteiger partial charge in [0.05, 0.1) is 10.6 Å². The third-order valence-electron chi connectivity index (χ3n) is 5.53. The number of rotatable bonds is 4. The minimum Gasteiger partial charge on any atom is -0.356 e. The van der Waals surface area contributed by atoms with Crippen LogP contribution in [0.1, 0.15) is 18.0 Å². The van der Waals surface area contributed by atoms with Crippen LogP contribution in [0, 0.1) is 5.92 Å². The Morgan fingerprint density at radius 3 is 2.61 bits per heavy atom. The standard InChI is InChI=1S/C20H22N4O4S3/c21-31(27,28)16-6-4-15(5-7-16)22-18(25)12-30-20(29)23-9-13-8-14(11-23)17-2-1-3-19(26)24(17)10-13/h1-7,13-14H,8-12H2,(H,22,25)(H2,21,27,28)/t13-,14-/m1/s1. The van der Waals surface area contributed by atoms with Crippen LogP contribution >= 0.6 is 24.0 Å². The molecule has 1 saturated heterocycles. The molecule has 1 fully saturated rings. The number of sulfonamides is 1. The van der Waals surface area contributed by atoms with Gasteiger partial charge in [-0.1, -0.05) is 30.0 Å². The van der Waals surface area contributed by atoms with E-state index in [4.69, 9.17) is 17.4 Å². The number of nitrogens with one attached hydrogen (secondary N) is 1. The minimum atomic E-state index is -3.77. The maximum atomic E-state index is 12.3. The van der Waals surface area contributed by atoms with Gasteiger partial charge in [-0.2, -0.15) is 0 Å². The Labute approximate surface area is 189 Å². The fraction of sp³-hybridized carbons (Fsp3) is 0.350. The molecule has 2 aliphatic heterocycles. The number of primary sulfonamides is 1. The Morgan fingerprint density at radius 2 is 1.90 bits per heavy atom. The highest BCUT2D eigenvalue weighted by Gasteiger charge is 2.35. The molecule has 0 saturated carbocycles. The third kappa shape index (κ3) is 5.00. The molecule has 2 bridgehead atoms. The van der Waals surface area contributed by atoms with Crippen molar-refractivity contribution in [3.8, 4) is 0 Å². The number of thiocarbonyl (C=S) groups is 1. The maximum absolute atomic E-state index is 12.3. The van der Waals surface area contributed by atoms with E-state index in [-0.39, 0.29) is 28.0 Å². The zero-order chi connectivity index (χ0) is 22.2. The number of fused-ring (bicyclic) bond motifs is 4. The lowest BCUT2D eigenvalue weighted by molar-refractivity contribution is -0.113. The molecule has 0 radical (unpaired) electrons. The van der Waals surface area contributed by atoms with Crippen molar-refractivity contribution in [3.63, 3.8) is 0 Å². The van der Waals surface area contributed by atoms with Crippen LogP contribution in [0.2, 0.25) is 0 Å². The molecular formula is C20H22N4O4S3. The lowest BCUT2D eigenvalue weighted by Crippen LogP contribution is -2.48. The molecule has 3 heterocycles. The van der Waals surface area contributed by atoms with Gasteiger partial charge in [0.15, 0.2) is 0 Å². The van der Waals surface area contributed by atoms with Gasteiger partial charge in [-0.05, 0) is 42.7 Å². The molecule has 4 rings (SSSR count). The second kappa shape index (κ2) is 8.73. The van der Waals surface area contributed by atoms with Crippen LogP contribution in [0.4, 0.5) is 5.69 Å². The zero-order valence-electron chi connectivity index (χ0n) is 16.6. The third-order valence-corrected chi connectivity index (χ3v) is 7.98. The summed E-state index contributed by atoms with van der Waals surface area (Å²) >= 11 is 6.88. The largest absolute Gasteiger partial charge is 0.356 e. The summed E-state index contributed by atoms with van der Waals surface area (Å²) in [7, 11) is -3.77. The van der Waals surface area contributed by atoms with E-state index in [1.54, 1.807) is 12.1 Å². The molecule has 2 atom stereocenters. The molecule has 2 aliphatic rings. The lowest BCUT2D eigenvalue weighted by atomic mass is 9.83. The number of anilines is 1. The van der Waals surface area contributed by atoms with Gasteiger partial charge in [-0.3, -0.25) is 9.59 Å². The summed E-state index contributed by atoms with van der Waals surface area (Å²) in [4.78, 5) is 26.6. The van der Waals surface area contributed by atoms with Gasteiger partial charge < -0.3 is 14.8 Å². The number of hydrogen-bond acceptors (Lipinski definition) is 6. The Hall–Kier alpha value is -2.21. The number of piperidine rings is 1. The summed E-state index contributed by atoms with van der Waals surface area (Å²) in [5, 5.41) is 7.80. The maximum Gasteiger partial charge on any atom is 0.250 e. The van der Waals surface area contributed by atoms with Crippen molar-refractivity contribution in [2.24, 2.45) is 11.1 Å². The average molecular weight is 479 g/mol. The number of carbonyl (C=O) groups excluding carboxylic acids is 1. The first kappa shape index (κ1) is 22.0. The van der Waals surface area contributed by atoms with Crippen molar-refractivity contribution in [3.05, 3.63) is 58.5 Å². The number of amides is 1. The van der Waals surface area contributed by atoms with E-state index in [2.05, 4.69) is 10.2 Å². The van der Waals surface area contributed by atoms with Gasteiger partial charge in [-0.25, -0.2) is 13.6 Å². The quantitative estimate of drug-likeness (QED) is 0.641. The average Bonchev–Trinajstić information content (AvgIpc) is 2.72. The summed E-state index contributed by atoms with van der Waals surface area (Å²) in [5.41, 5.74) is 1.59. The van der Waals surface area contributed by atoms with Gasteiger partial charge in [0.2, 0.25) is 15.9 Å². The molecule has 164 valence electrons. The number of benzene rings is 1. The normalized spacial score (nSPS) is 20.1. The van der Waals surface area contributed by atoms with Gasteiger partial charge in [-0.15, -0.1) is 0 Å². The number of nitrogens with two attached hydrogens (primary N) is 1. The van der Waals surface area contributed by atoms with E-state index in [1.165, 1.54) is 36.0 Å². The molecular weight excluding hydrogens is 456 g/mol. The van der Waals surface area contributed by atoms with E-state index < -0.39 is 10.0 Å². The van der Waals surface area contributed by atoms with Crippen molar-refractivity contribution in [2.75, 3.05) is 24.2 Å². The Balaban J connectivity index is 1.32. The Kier molecular flexibility index (Phi) is 6.20. The molecule has 11 heteroatoms. The van der Waals surface area contributed by atoms with Crippen molar-refractivity contribution in [1.29, 1.82) is 0 Å². The molecule has 3 N–H and O–H groups in total. The van der Waals surface area contributed by atoms with Gasteiger partial charge in [0.25, 0.3) is 5.56 Å². The smallest absolute Gasteiger partial charge is 0.250 e. The summed E-state index contributed by atoms with van der Waals surface area (Å²) in [5.74, 6) is 0.532. The predicted molar refractivity (Wildman–Crippen MR) is 125 cm³/mol. The van der Waals surface area contributed by atoms with Crippen LogP contribution in [0.3, 0.4) is 0 Å². The van der Waals surface area contributed by atoms with Crippen molar-refractivity contribution >= 4 is 49.9 Å². The number of likely N-dealkylation sites (tertiary alicyclic amines) is 1. The predicted octanol–water partition coefficient (Wildman–Crippen LogP) is 1.57. The highest BCUT2D eigenvalue weighted by atomic mass is 32.2. The minimum absolute atomic E-state index is 0.0134. The van der Waals surface area contributed by atoms with E-state index >= 15 is 0 Å². The number of thioether (sulfide) groups is 1. The van der Waals surface area contributed by atoms with Crippen molar-refractivity contribution in [2.45, 2.75) is 23.8 Å². The van der Waals surface area contributed by atoms with Gasteiger partial charge >= 0.3 is 0 Å². The van der Waals surface area contributed by atoms with E-state index in [0.29, 0.717) is 22.5 Å². The highest BCUT2D eigenvalue weighted by molar-refractivity contribution is 8.23. The van der Waals surface area contributed by atoms with Crippen LogP contribution in [-0.4, -0.2) is 47.0 Å². The van der Waals surface area contributed by atoms with Crippen molar-refractivity contribution < 1.29 is 13.2 Å². The molecule has 1 aromatic carbocycles. The van der Waals surface area contributed by atoms with Crippen LogP contribution in [-0.2, 0) is 21.4 Å². The lowest BCUT2D eigenvalue weighted by Gasteiger charge is -2.43. The van der Waals surface area contributed by atoms with E-state index in [0.717, 1.165) is 25.2 Å². The fourth-order valence-corrected chi connectivity index (χ4v) is 5.69. The second-order valence-electron chi connectivity index (χ2n) is 7.78. The first-order chi connectivity index (χ1) is 14.7. The molecule has 8 nitrogen and oxygen atoms in total. The summed E-state index contributed by atoms with van der Waals surface area (Å²) in [6.45, 7) is 2.21. The highest BCUT2D eigenvalue weighted by Crippen LogP contribution is 2.36. The monoisotopic (exact) mass is 478 g/mol. The second-order valence-corrected chi connectivity index (χ2v) is 10.9. The first-order valence-corrected chi connectivity index (χ1v) is 12.7. The Morgan fingerprint density at radius 1 is 1.16 bits per heavy atom. The number of carbonyl (C=O) groups is 1. The molecule has 31 heavy (non-hydrogen) atoms. The molecule has 0 aliphatic carbocycles. The van der Waals surface area contributed by atoms with Crippen LogP contribution in [0.5, 0.6) is 0 Å². The molecule has 1 aromatic heterocycles. The number of hydrogen-bond donors (Lipinski definition) is 2. The molecule has 0 spiro atoms. The van der Waals surface area contributed by atoms with E-state index in [1.807, 2.05) is 10.6 Å². The molecule has 0 unspecified atom stereocenters. The van der Waals surface area contributed by atoms with Gasteiger partial charge in [0, 0.05) is 43.0 Å². The number of nitrogens with zero attached hydrogens (tertiary/aromatic N) is 2. The van der Waals surface area contributed by atoms with Crippen LogP contribution in [0.15, 0.2) is 52.2 Å². The SMILES string of the molecule is NS(=O)(=O)c1ccc(NC(=O)CSC(=S)N2C[C@H]3C[C@H](C2)c2cccc(=O)n2C3)cc1.